The van der Waals surface area contributed by atoms with Crippen LogP contribution in [0.25, 0.3) is 0 Å². The van der Waals surface area contributed by atoms with E-state index in [-0.39, 0.29) is 16.0 Å². The van der Waals surface area contributed by atoms with E-state index in [0.29, 0.717) is 32.2 Å². The van der Waals surface area contributed by atoms with Gasteiger partial charge in [0.15, 0.2) is 0 Å². The molecule has 2 unspecified atom stereocenters. The first kappa shape index (κ1) is 24.6. The third kappa shape index (κ3) is 4.82. The zero-order valence-corrected chi connectivity index (χ0v) is 22.1. The summed E-state index contributed by atoms with van der Waals surface area (Å²) < 4.78 is 31.4. The zero-order chi connectivity index (χ0) is 24.1. The summed E-state index contributed by atoms with van der Waals surface area (Å²) >= 11 is 0.461. The number of hydrogen-bond donors (Lipinski definition) is 0. The quantitative estimate of drug-likeness (QED) is 0.299. The van der Waals surface area contributed by atoms with Crippen LogP contribution in [0.2, 0.25) is 5.32 Å². The first-order valence-electron chi connectivity index (χ1n) is 11.8. The van der Waals surface area contributed by atoms with Crippen LogP contribution >= 0.6 is 0 Å². The molecule has 1 fully saturated rings. The van der Waals surface area contributed by atoms with Gasteiger partial charge in [-0.1, -0.05) is 0 Å². The molecule has 34 heavy (non-hydrogen) atoms. The second-order valence-electron chi connectivity index (χ2n) is 8.85. The van der Waals surface area contributed by atoms with Crippen molar-refractivity contribution < 1.29 is 18.6 Å². The van der Waals surface area contributed by atoms with Crippen LogP contribution in [-0.2, 0) is 4.31 Å². The summed E-state index contributed by atoms with van der Waals surface area (Å²) in [4.78, 5) is 0. The average molecular weight is 528 g/mol. The zero-order valence-electron chi connectivity index (χ0n) is 20.4. The van der Waals surface area contributed by atoms with E-state index in [4.69, 9.17) is 14.2 Å². The second kappa shape index (κ2) is 10.8. The molecular weight excluding hydrogens is 494 g/mol. The van der Waals surface area contributed by atoms with E-state index in [1.54, 1.807) is 33.5 Å². The van der Waals surface area contributed by atoms with E-state index in [1.807, 2.05) is 18.2 Å². The third-order valence-electron chi connectivity index (χ3n) is 6.88. The van der Waals surface area contributed by atoms with Crippen molar-refractivity contribution in [1.29, 1.82) is 0 Å². The molecule has 3 aromatic rings. The number of halogens is 1. The fraction of sp³-hybridized carbons (Fsp3) is 0.379. The van der Waals surface area contributed by atoms with Gasteiger partial charge in [0.2, 0.25) is 0 Å². The van der Waals surface area contributed by atoms with Gasteiger partial charge in [-0.3, -0.25) is 0 Å². The molecule has 2 atom stereocenters. The van der Waals surface area contributed by atoms with Gasteiger partial charge in [0.1, 0.15) is 0 Å². The van der Waals surface area contributed by atoms with Crippen LogP contribution in [0.15, 0.2) is 60.7 Å². The van der Waals surface area contributed by atoms with Crippen LogP contribution in [0.4, 0.5) is 4.39 Å². The van der Waals surface area contributed by atoms with Crippen LogP contribution in [0.5, 0.6) is 17.2 Å². The molecule has 3 nitrogen and oxygen atoms in total. The van der Waals surface area contributed by atoms with Crippen molar-refractivity contribution in [2.24, 2.45) is 0 Å². The summed E-state index contributed by atoms with van der Waals surface area (Å²) in [6, 6.07) is 19.9. The normalized spacial score (nSPS) is 18.9. The van der Waals surface area contributed by atoms with E-state index in [2.05, 4.69) is 37.3 Å². The van der Waals surface area contributed by atoms with Gasteiger partial charge in [-0.2, -0.15) is 0 Å². The third-order valence-corrected chi connectivity index (χ3v) is 10.3. The number of benzene rings is 3. The Bertz CT molecular complexity index is 1090. The molecular formula is C29H33FO3Se. The maximum atomic E-state index is 13.9. The molecule has 1 aliphatic rings. The fourth-order valence-corrected chi connectivity index (χ4v) is 8.63. The van der Waals surface area contributed by atoms with Crippen molar-refractivity contribution >= 4 is 15.0 Å². The van der Waals surface area contributed by atoms with E-state index < -0.39 is 0 Å². The molecule has 0 N–H and O–H groups in total. The number of rotatable bonds is 8. The summed E-state index contributed by atoms with van der Waals surface area (Å²) in [5.74, 6) is 1.74. The Morgan fingerprint density at radius 3 is 2.21 bits per heavy atom. The van der Waals surface area contributed by atoms with Gasteiger partial charge < -0.3 is 0 Å². The molecule has 4 rings (SSSR count). The molecule has 0 amide bonds. The Morgan fingerprint density at radius 1 is 0.912 bits per heavy atom. The van der Waals surface area contributed by atoms with Crippen LogP contribution < -0.4 is 14.2 Å². The van der Waals surface area contributed by atoms with Gasteiger partial charge >= 0.3 is 209 Å². The Kier molecular flexibility index (Phi) is 7.85. The van der Waals surface area contributed by atoms with Crippen LogP contribution in [0, 0.1) is 12.7 Å². The SMILES string of the molecule is COc1cc(C)c(C(CC2(c3ccccc3)CCCC[Se]2)c2ccc(F)cc2)c(OC)c1OC. The number of ether oxygens (including phenoxy) is 3. The molecule has 3 aromatic carbocycles. The molecule has 0 radical (unpaired) electrons. The van der Waals surface area contributed by atoms with Gasteiger partial charge in [-0.15, -0.1) is 0 Å². The van der Waals surface area contributed by atoms with E-state index in [0.717, 1.165) is 23.1 Å². The molecule has 1 saturated heterocycles. The Hall–Kier alpha value is -2.49. The molecule has 1 heterocycles. The van der Waals surface area contributed by atoms with E-state index >= 15 is 0 Å². The second-order valence-corrected chi connectivity index (χ2v) is 12.0. The van der Waals surface area contributed by atoms with Crippen molar-refractivity contribution in [3.05, 3.63) is 88.7 Å². The predicted octanol–water partition coefficient (Wildman–Crippen LogP) is 6.88. The molecule has 0 aliphatic carbocycles. The summed E-state index contributed by atoms with van der Waals surface area (Å²) in [5, 5.41) is 1.28. The van der Waals surface area contributed by atoms with Gasteiger partial charge in [0.05, 0.1) is 0 Å². The van der Waals surface area contributed by atoms with Gasteiger partial charge in [0, 0.05) is 0 Å². The van der Waals surface area contributed by atoms with Crippen molar-refractivity contribution in [2.45, 2.75) is 48.2 Å². The molecule has 5 heteroatoms. The standard InChI is InChI=1S/C29H33FO3Se/c1-20-18-25(31-2)27(32-3)28(33-4)26(20)24(21-12-14-23(30)15-13-21)19-29(16-8-9-17-34-29)22-10-6-5-7-11-22/h5-7,10-15,18,24H,8-9,16-17,19H2,1-4H3. The summed E-state index contributed by atoms with van der Waals surface area (Å²) in [6.07, 6.45) is 4.64. The Morgan fingerprint density at radius 2 is 1.62 bits per heavy atom. The van der Waals surface area contributed by atoms with Gasteiger partial charge in [-0.05, 0) is 0 Å². The molecule has 180 valence electrons. The molecule has 0 bridgehead atoms. The molecule has 0 aromatic heterocycles. The first-order valence-corrected chi connectivity index (χ1v) is 13.8. The fourth-order valence-electron chi connectivity index (χ4n) is 5.25. The maximum absolute atomic E-state index is 13.9. The summed E-state index contributed by atoms with van der Waals surface area (Å²) in [6.45, 7) is 2.09. The average Bonchev–Trinajstić information content (AvgIpc) is 2.88. The van der Waals surface area contributed by atoms with E-state index in [9.17, 15) is 4.39 Å². The molecule has 1 aliphatic heterocycles. The monoisotopic (exact) mass is 528 g/mol. The summed E-state index contributed by atoms with van der Waals surface area (Å²) in [7, 11) is 4.96. The predicted molar refractivity (Wildman–Crippen MR) is 136 cm³/mol. The topological polar surface area (TPSA) is 27.7 Å². The van der Waals surface area contributed by atoms with Crippen LogP contribution in [-0.4, -0.2) is 36.3 Å². The summed E-state index contributed by atoms with van der Waals surface area (Å²) in [5.41, 5.74) is 4.67. The van der Waals surface area contributed by atoms with Crippen molar-refractivity contribution in [3.63, 3.8) is 0 Å². The Labute approximate surface area is 208 Å². The van der Waals surface area contributed by atoms with Crippen LogP contribution in [0.1, 0.15) is 53.9 Å². The minimum atomic E-state index is -0.224. The molecule has 0 saturated carbocycles. The van der Waals surface area contributed by atoms with E-state index in [1.165, 1.54) is 30.1 Å². The van der Waals surface area contributed by atoms with Gasteiger partial charge in [-0.25, -0.2) is 0 Å². The molecule has 0 spiro atoms. The Balaban J connectivity index is 1.92. The number of methoxy groups -OCH3 is 3. The van der Waals surface area contributed by atoms with Gasteiger partial charge in [0.25, 0.3) is 0 Å². The minimum absolute atomic E-state index is 0.0236. The first-order chi connectivity index (χ1) is 16.5. The van der Waals surface area contributed by atoms with Crippen molar-refractivity contribution in [2.75, 3.05) is 21.3 Å². The van der Waals surface area contributed by atoms with Crippen molar-refractivity contribution in [1.82, 2.24) is 0 Å². The van der Waals surface area contributed by atoms with Crippen molar-refractivity contribution in [3.8, 4) is 17.2 Å². The van der Waals surface area contributed by atoms with Crippen LogP contribution in [0.3, 0.4) is 0 Å². The number of hydrogen-bond acceptors (Lipinski definition) is 3. The number of aryl methyl sites for hydroxylation is 1.